The van der Waals surface area contributed by atoms with Gasteiger partial charge >= 0.3 is 0 Å². The molecule has 5 rings (SSSR count). The second-order valence-electron chi connectivity index (χ2n) is 8.08. The summed E-state index contributed by atoms with van der Waals surface area (Å²) in [6.45, 7) is 4.16. The second kappa shape index (κ2) is 7.19. The quantitative estimate of drug-likeness (QED) is 0.715. The maximum atomic E-state index is 11.6. The van der Waals surface area contributed by atoms with Crippen LogP contribution in [-0.2, 0) is 11.8 Å². The van der Waals surface area contributed by atoms with E-state index in [0.29, 0.717) is 25.5 Å². The van der Waals surface area contributed by atoms with E-state index < -0.39 is 0 Å². The lowest BCUT2D eigenvalue weighted by Crippen LogP contribution is -2.28. The van der Waals surface area contributed by atoms with Gasteiger partial charge in [0.2, 0.25) is 11.8 Å². The SMILES string of the molecule is CC(Oc1nc(-c2ccc3c(c2)OCCN3C)cc2ncn(C)c12)C1CNC(=O)C1. The molecule has 8 nitrogen and oxygen atoms in total. The molecule has 0 radical (unpaired) electrons. The van der Waals surface area contributed by atoms with Gasteiger partial charge < -0.3 is 24.3 Å². The molecule has 0 saturated carbocycles. The van der Waals surface area contributed by atoms with Crippen LogP contribution in [0.25, 0.3) is 22.3 Å². The minimum Gasteiger partial charge on any atom is -0.490 e. The van der Waals surface area contributed by atoms with Crippen LogP contribution < -0.4 is 19.7 Å². The number of hydrogen-bond donors (Lipinski definition) is 1. The van der Waals surface area contributed by atoms with Crippen molar-refractivity contribution in [3.8, 4) is 22.9 Å². The van der Waals surface area contributed by atoms with Gasteiger partial charge in [-0.2, -0.15) is 0 Å². The van der Waals surface area contributed by atoms with Crippen molar-refractivity contribution in [1.29, 1.82) is 0 Å². The van der Waals surface area contributed by atoms with E-state index in [0.717, 1.165) is 40.3 Å². The molecule has 2 aliphatic heterocycles. The zero-order valence-electron chi connectivity index (χ0n) is 17.4. The number of rotatable bonds is 4. The molecule has 1 fully saturated rings. The Labute approximate surface area is 174 Å². The molecule has 1 saturated heterocycles. The summed E-state index contributed by atoms with van der Waals surface area (Å²) in [5, 5.41) is 2.87. The van der Waals surface area contributed by atoms with Crippen molar-refractivity contribution in [3.63, 3.8) is 0 Å². The Morgan fingerprint density at radius 2 is 2.17 bits per heavy atom. The summed E-state index contributed by atoms with van der Waals surface area (Å²) in [6, 6.07) is 8.11. The third-order valence-electron chi connectivity index (χ3n) is 5.98. The van der Waals surface area contributed by atoms with E-state index >= 15 is 0 Å². The van der Waals surface area contributed by atoms with Crippen LogP contribution >= 0.6 is 0 Å². The highest BCUT2D eigenvalue weighted by atomic mass is 16.5. The van der Waals surface area contributed by atoms with Crippen molar-refractivity contribution in [1.82, 2.24) is 19.9 Å². The van der Waals surface area contributed by atoms with Crippen LogP contribution in [0.2, 0.25) is 0 Å². The van der Waals surface area contributed by atoms with Gasteiger partial charge in [0.1, 0.15) is 24.0 Å². The summed E-state index contributed by atoms with van der Waals surface area (Å²) in [7, 11) is 3.99. The second-order valence-corrected chi connectivity index (χ2v) is 8.08. The number of carbonyl (C=O) groups excluding carboxylic acids is 1. The fraction of sp³-hybridized carbons (Fsp3) is 0.409. The first-order chi connectivity index (χ1) is 14.5. The minimum absolute atomic E-state index is 0.0712. The third-order valence-corrected chi connectivity index (χ3v) is 5.98. The normalized spacial score (nSPS) is 19.4. The van der Waals surface area contributed by atoms with Crippen LogP contribution in [0.3, 0.4) is 0 Å². The fourth-order valence-corrected chi connectivity index (χ4v) is 4.12. The van der Waals surface area contributed by atoms with Gasteiger partial charge in [-0.15, -0.1) is 0 Å². The number of pyridine rings is 1. The number of nitrogens with one attached hydrogen (secondary N) is 1. The molecular formula is C22H25N5O3. The lowest BCUT2D eigenvalue weighted by atomic mass is 10.0. The molecule has 2 aliphatic rings. The van der Waals surface area contributed by atoms with Crippen LogP contribution in [-0.4, -0.2) is 53.3 Å². The molecule has 0 spiro atoms. The molecule has 1 aromatic carbocycles. The highest BCUT2D eigenvalue weighted by Crippen LogP contribution is 2.36. The largest absolute Gasteiger partial charge is 0.490 e. The molecule has 0 bridgehead atoms. The molecule has 1 amide bonds. The number of nitrogens with zero attached hydrogens (tertiary/aromatic N) is 4. The van der Waals surface area contributed by atoms with E-state index in [1.807, 2.05) is 36.7 Å². The standard InChI is InChI=1S/C22H25N5O3/c1-13(15-9-20(28)23-11-15)30-22-21-17(24-12-27(21)3)10-16(25-22)14-4-5-18-19(8-14)29-7-6-26(18)2/h4-5,8,10,12-13,15H,6-7,9,11H2,1-3H3,(H,23,28). The first kappa shape index (κ1) is 18.7. The number of aryl methyl sites for hydroxylation is 1. The summed E-state index contributed by atoms with van der Waals surface area (Å²) in [5.41, 5.74) is 4.47. The molecule has 2 atom stereocenters. The Morgan fingerprint density at radius 3 is 2.97 bits per heavy atom. The number of fused-ring (bicyclic) bond motifs is 2. The Hall–Kier alpha value is -3.29. The van der Waals surface area contributed by atoms with Gasteiger partial charge in [-0.3, -0.25) is 4.79 Å². The molecule has 2 unspecified atom stereocenters. The average Bonchev–Trinajstić information content (AvgIpc) is 3.34. The number of hydrogen-bond acceptors (Lipinski definition) is 6. The van der Waals surface area contributed by atoms with Crippen molar-refractivity contribution in [2.24, 2.45) is 13.0 Å². The lowest BCUT2D eigenvalue weighted by Gasteiger charge is -2.28. The van der Waals surface area contributed by atoms with Crippen molar-refractivity contribution < 1.29 is 14.3 Å². The van der Waals surface area contributed by atoms with Crippen molar-refractivity contribution in [2.75, 3.05) is 31.6 Å². The molecule has 2 aromatic heterocycles. The Morgan fingerprint density at radius 1 is 1.30 bits per heavy atom. The maximum Gasteiger partial charge on any atom is 0.241 e. The molecule has 0 aliphatic carbocycles. The van der Waals surface area contributed by atoms with E-state index in [1.54, 1.807) is 6.33 Å². The zero-order chi connectivity index (χ0) is 20.8. The topological polar surface area (TPSA) is 81.5 Å². The number of ether oxygens (including phenoxy) is 2. The third kappa shape index (κ3) is 3.22. The average molecular weight is 407 g/mol. The van der Waals surface area contributed by atoms with Crippen LogP contribution in [0.15, 0.2) is 30.6 Å². The van der Waals surface area contributed by atoms with Crippen LogP contribution in [0.1, 0.15) is 13.3 Å². The maximum absolute atomic E-state index is 11.6. The first-order valence-corrected chi connectivity index (χ1v) is 10.2. The Bertz CT molecular complexity index is 1130. The molecule has 4 heterocycles. The van der Waals surface area contributed by atoms with Gasteiger partial charge in [0.25, 0.3) is 0 Å². The molecule has 30 heavy (non-hydrogen) atoms. The number of aromatic nitrogens is 3. The zero-order valence-corrected chi connectivity index (χ0v) is 17.4. The van der Waals surface area contributed by atoms with E-state index in [2.05, 4.69) is 28.3 Å². The molecule has 3 aromatic rings. The van der Waals surface area contributed by atoms with Gasteiger partial charge in [-0.1, -0.05) is 6.07 Å². The lowest BCUT2D eigenvalue weighted by molar-refractivity contribution is -0.119. The number of imidazole rings is 1. The predicted molar refractivity (Wildman–Crippen MR) is 114 cm³/mol. The smallest absolute Gasteiger partial charge is 0.241 e. The minimum atomic E-state index is -0.148. The van der Waals surface area contributed by atoms with Gasteiger partial charge in [-0.05, 0) is 25.1 Å². The Balaban J connectivity index is 1.53. The van der Waals surface area contributed by atoms with Crippen molar-refractivity contribution in [3.05, 3.63) is 30.6 Å². The predicted octanol–water partition coefficient (Wildman–Crippen LogP) is 2.37. The van der Waals surface area contributed by atoms with Gasteiger partial charge in [-0.25, -0.2) is 9.97 Å². The number of benzene rings is 1. The van der Waals surface area contributed by atoms with Crippen molar-refractivity contribution >= 4 is 22.6 Å². The summed E-state index contributed by atoms with van der Waals surface area (Å²) in [5.74, 6) is 1.58. The van der Waals surface area contributed by atoms with E-state index in [1.165, 1.54) is 0 Å². The van der Waals surface area contributed by atoms with Gasteiger partial charge in [0, 0.05) is 38.5 Å². The van der Waals surface area contributed by atoms with E-state index in [4.69, 9.17) is 14.5 Å². The van der Waals surface area contributed by atoms with Crippen LogP contribution in [0.4, 0.5) is 5.69 Å². The highest BCUT2D eigenvalue weighted by molar-refractivity contribution is 5.85. The number of anilines is 1. The fourth-order valence-electron chi connectivity index (χ4n) is 4.12. The van der Waals surface area contributed by atoms with Gasteiger partial charge in [0.05, 0.1) is 29.8 Å². The summed E-state index contributed by atoms with van der Waals surface area (Å²) in [6.07, 6.45) is 2.09. The Kier molecular flexibility index (Phi) is 4.49. The molecule has 156 valence electrons. The van der Waals surface area contributed by atoms with E-state index in [9.17, 15) is 4.79 Å². The number of amides is 1. The summed E-state index contributed by atoms with van der Waals surface area (Å²) >= 11 is 0. The van der Waals surface area contributed by atoms with E-state index in [-0.39, 0.29) is 17.9 Å². The van der Waals surface area contributed by atoms with Crippen LogP contribution in [0, 0.1) is 5.92 Å². The highest BCUT2D eigenvalue weighted by Gasteiger charge is 2.29. The molecular weight excluding hydrogens is 382 g/mol. The van der Waals surface area contributed by atoms with Gasteiger partial charge in [0.15, 0.2) is 0 Å². The van der Waals surface area contributed by atoms with Crippen molar-refractivity contribution in [2.45, 2.75) is 19.4 Å². The molecule has 1 N–H and O–H groups in total. The monoisotopic (exact) mass is 407 g/mol. The number of likely N-dealkylation sites (N-methyl/N-ethyl adjacent to an activating group) is 1. The number of carbonyl (C=O) groups is 1. The summed E-state index contributed by atoms with van der Waals surface area (Å²) < 4.78 is 14.1. The molecule has 8 heteroatoms. The van der Waals surface area contributed by atoms with Crippen LogP contribution in [0.5, 0.6) is 11.6 Å². The summed E-state index contributed by atoms with van der Waals surface area (Å²) in [4.78, 5) is 23.2. The first-order valence-electron chi connectivity index (χ1n) is 10.2.